The first-order valence-electron chi connectivity index (χ1n) is 10.1. The molecule has 0 saturated carbocycles. The Balaban J connectivity index is 1.74. The number of rotatable bonds is 6. The topological polar surface area (TPSA) is 96.1 Å². The van der Waals surface area contributed by atoms with Crippen molar-refractivity contribution >= 4 is 69.0 Å². The first-order valence-corrected chi connectivity index (χ1v) is 11.2. The zero-order chi connectivity index (χ0) is 24.4. The van der Waals surface area contributed by atoms with Crippen LogP contribution < -0.4 is 10.6 Å². The third-order valence-electron chi connectivity index (χ3n) is 5.11. The van der Waals surface area contributed by atoms with Gasteiger partial charge in [0.25, 0.3) is 11.8 Å². The Morgan fingerprint density at radius 2 is 1.74 bits per heavy atom. The summed E-state index contributed by atoms with van der Waals surface area (Å²) in [6.45, 7) is 2.03. The van der Waals surface area contributed by atoms with E-state index in [1.54, 1.807) is 49.6 Å². The van der Waals surface area contributed by atoms with E-state index >= 15 is 0 Å². The maximum atomic E-state index is 13.3. The highest BCUT2D eigenvalue weighted by atomic mass is 35.5. The molecule has 4 aromatic rings. The van der Waals surface area contributed by atoms with Crippen molar-refractivity contribution in [3.05, 3.63) is 86.1 Å². The van der Waals surface area contributed by atoms with Crippen LogP contribution in [0.25, 0.3) is 11.0 Å². The molecule has 0 saturated heterocycles. The van der Waals surface area contributed by atoms with Crippen LogP contribution in [0.5, 0.6) is 0 Å². The molecule has 1 heterocycles. The molecule has 0 aliphatic carbocycles. The van der Waals surface area contributed by atoms with Gasteiger partial charge in [-0.25, -0.2) is 4.98 Å². The number of carbonyl (C=O) groups excluding carboxylic acids is 2. The van der Waals surface area contributed by atoms with Gasteiger partial charge in [-0.05, 0) is 55.0 Å². The molecule has 2 amide bonds. The van der Waals surface area contributed by atoms with Crippen molar-refractivity contribution in [3.8, 4) is 0 Å². The van der Waals surface area contributed by atoms with Crippen molar-refractivity contribution in [2.75, 3.05) is 17.7 Å². The first-order chi connectivity index (χ1) is 16.3. The SMILES string of the molecule is COCc1nc2c(C(=O)Nc3cccc(Cl)c3C)cc(NC(=O)c3cc(Cl)ccc3Cl)cc2[nH]1. The van der Waals surface area contributed by atoms with E-state index in [0.29, 0.717) is 38.3 Å². The molecule has 0 radical (unpaired) electrons. The molecule has 174 valence electrons. The van der Waals surface area contributed by atoms with Crippen LogP contribution in [-0.2, 0) is 11.3 Å². The monoisotopic (exact) mass is 516 g/mol. The Morgan fingerprint density at radius 3 is 2.50 bits per heavy atom. The standard InChI is InChI=1S/C24H19Cl3N4O3/c1-12-17(26)4-3-5-19(12)30-24(33)16-9-14(10-20-22(16)31-21(29-20)11-34-2)28-23(32)15-8-13(25)6-7-18(15)27/h3-10H,11H2,1-2H3,(H,28,32)(H,29,31)(H,30,33). The number of imidazole rings is 1. The molecular formula is C24H19Cl3N4O3. The highest BCUT2D eigenvalue weighted by molar-refractivity contribution is 6.36. The lowest BCUT2D eigenvalue weighted by atomic mass is 10.1. The van der Waals surface area contributed by atoms with Gasteiger partial charge in [0.1, 0.15) is 17.9 Å². The molecule has 3 aromatic carbocycles. The smallest absolute Gasteiger partial charge is 0.258 e. The van der Waals surface area contributed by atoms with Crippen LogP contribution in [0.3, 0.4) is 0 Å². The summed E-state index contributed by atoms with van der Waals surface area (Å²) in [5.41, 5.74) is 3.11. The Morgan fingerprint density at radius 1 is 0.971 bits per heavy atom. The van der Waals surface area contributed by atoms with Crippen molar-refractivity contribution in [3.63, 3.8) is 0 Å². The fraction of sp³-hybridized carbons (Fsp3) is 0.125. The number of amides is 2. The summed E-state index contributed by atoms with van der Waals surface area (Å²) in [6.07, 6.45) is 0. The molecule has 1 aromatic heterocycles. The molecule has 34 heavy (non-hydrogen) atoms. The number of hydrogen-bond donors (Lipinski definition) is 3. The quantitative estimate of drug-likeness (QED) is 0.273. The number of anilines is 2. The lowest BCUT2D eigenvalue weighted by molar-refractivity contribution is 0.101. The van der Waals surface area contributed by atoms with Crippen molar-refractivity contribution in [2.45, 2.75) is 13.5 Å². The number of halogens is 3. The number of methoxy groups -OCH3 is 1. The maximum Gasteiger partial charge on any atom is 0.258 e. The van der Waals surface area contributed by atoms with Crippen LogP contribution in [0.15, 0.2) is 48.5 Å². The van der Waals surface area contributed by atoms with Gasteiger partial charge >= 0.3 is 0 Å². The van der Waals surface area contributed by atoms with E-state index in [-0.39, 0.29) is 22.8 Å². The number of nitrogens with one attached hydrogen (secondary N) is 3. The minimum atomic E-state index is -0.472. The van der Waals surface area contributed by atoms with Gasteiger partial charge in [-0.1, -0.05) is 40.9 Å². The molecule has 10 heteroatoms. The minimum Gasteiger partial charge on any atom is -0.377 e. The van der Waals surface area contributed by atoms with Crippen molar-refractivity contribution in [1.82, 2.24) is 9.97 Å². The van der Waals surface area contributed by atoms with E-state index in [0.717, 1.165) is 5.56 Å². The number of carbonyl (C=O) groups is 2. The van der Waals surface area contributed by atoms with Crippen LogP contribution in [0.1, 0.15) is 32.1 Å². The minimum absolute atomic E-state index is 0.208. The predicted octanol–water partition coefficient (Wildman–Crippen LogP) is 6.48. The van der Waals surface area contributed by atoms with Gasteiger partial charge in [0.15, 0.2) is 0 Å². The summed E-state index contributed by atoms with van der Waals surface area (Å²) in [5, 5.41) is 6.80. The van der Waals surface area contributed by atoms with Crippen molar-refractivity contribution in [1.29, 1.82) is 0 Å². The first kappa shape index (κ1) is 24.0. The van der Waals surface area contributed by atoms with Gasteiger partial charge in [-0.2, -0.15) is 0 Å². The molecule has 7 nitrogen and oxygen atoms in total. The van der Waals surface area contributed by atoms with Gasteiger partial charge in [-0.3, -0.25) is 9.59 Å². The Kier molecular flexibility index (Phi) is 7.09. The van der Waals surface area contributed by atoms with E-state index < -0.39 is 11.8 Å². The molecule has 0 bridgehead atoms. The molecular weight excluding hydrogens is 499 g/mol. The van der Waals surface area contributed by atoms with Crippen LogP contribution >= 0.6 is 34.8 Å². The Bertz CT molecular complexity index is 1420. The number of aromatic amines is 1. The molecule has 0 aliphatic rings. The fourth-order valence-electron chi connectivity index (χ4n) is 3.42. The summed E-state index contributed by atoms with van der Waals surface area (Å²) in [7, 11) is 1.54. The molecule has 0 atom stereocenters. The number of ether oxygens (including phenoxy) is 1. The third-order valence-corrected chi connectivity index (χ3v) is 6.08. The second-order valence-electron chi connectivity index (χ2n) is 7.48. The number of benzene rings is 3. The molecule has 3 N–H and O–H groups in total. The summed E-state index contributed by atoms with van der Waals surface area (Å²) in [4.78, 5) is 33.7. The number of H-pyrrole nitrogens is 1. The lowest BCUT2D eigenvalue weighted by Crippen LogP contribution is -2.16. The largest absolute Gasteiger partial charge is 0.377 e. The van der Waals surface area contributed by atoms with E-state index in [9.17, 15) is 9.59 Å². The van der Waals surface area contributed by atoms with Gasteiger partial charge in [0, 0.05) is 28.5 Å². The second kappa shape index (κ2) is 10.0. The van der Waals surface area contributed by atoms with E-state index in [1.165, 1.54) is 6.07 Å². The van der Waals surface area contributed by atoms with Gasteiger partial charge in [0.2, 0.25) is 0 Å². The maximum absolute atomic E-state index is 13.3. The lowest BCUT2D eigenvalue weighted by Gasteiger charge is -2.12. The normalized spacial score (nSPS) is 11.0. The summed E-state index contributed by atoms with van der Waals surface area (Å²) < 4.78 is 5.15. The highest BCUT2D eigenvalue weighted by Gasteiger charge is 2.19. The van der Waals surface area contributed by atoms with Gasteiger partial charge in [-0.15, -0.1) is 0 Å². The van der Waals surface area contributed by atoms with Gasteiger partial charge < -0.3 is 20.4 Å². The average Bonchev–Trinajstić information content (AvgIpc) is 3.20. The van der Waals surface area contributed by atoms with Crippen molar-refractivity contribution in [2.24, 2.45) is 0 Å². The number of fused-ring (bicyclic) bond motifs is 1. The second-order valence-corrected chi connectivity index (χ2v) is 8.73. The molecule has 4 rings (SSSR count). The van der Waals surface area contributed by atoms with E-state index in [1.807, 2.05) is 6.92 Å². The Hall–Kier alpha value is -3.10. The predicted molar refractivity (Wildman–Crippen MR) is 135 cm³/mol. The zero-order valence-corrected chi connectivity index (χ0v) is 20.4. The average molecular weight is 518 g/mol. The van der Waals surface area contributed by atoms with E-state index in [4.69, 9.17) is 39.5 Å². The Labute approximate surface area is 210 Å². The van der Waals surface area contributed by atoms with Crippen LogP contribution in [0, 0.1) is 6.92 Å². The van der Waals surface area contributed by atoms with Gasteiger partial charge in [0.05, 0.1) is 21.7 Å². The number of nitrogens with zero attached hydrogens (tertiary/aromatic N) is 1. The van der Waals surface area contributed by atoms with E-state index in [2.05, 4.69) is 20.6 Å². The van der Waals surface area contributed by atoms with Crippen LogP contribution in [0.2, 0.25) is 15.1 Å². The zero-order valence-electron chi connectivity index (χ0n) is 18.1. The molecule has 0 unspecified atom stereocenters. The fourth-order valence-corrected chi connectivity index (χ4v) is 3.97. The summed E-state index contributed by atoms with van der Waals surface area (Å²) >= 11 is 18.4. The molecule has 0 spiro atoms. The summed E-state index contributed by atoms with van der Waals surface area (Å²) in [6, 6.07) is 13.1. The van der Waals surface area contributed by atoms with Crippen LogP contribution in [-0.4, -0.2) is 28.9 Å². The third kappa shape index (κ3) is 5.03. The highest BCUT2D eigenvalue weighted by Crippen LogP contribution is 2.28. The molecule has 0 fully saturated rings. The summed E-state index contributed by atoms with van der Waals surface area (Å²) in [5.74, 6) is -0.352. The van der Waals surface area contributed by atoms with Crippen molar-refractivity contribution < 1.29 is 14.3 Å². The number of hydrogen-bond acceptors (Lipinski definition) is 4. The number of aromatic nitrogens is 2. The van der Waals surface area contributed by atoms with Crippen LogP contribution in [0.4, 0.5) is 11.4 Å². The molecule has 0 aliphatic heterocycles.